The molecule has 2 heterocycles. The minimum atomic E-state index is 0.653. The molecule has 1 aliphatic heterocycles. The lowest BCUT2D eigenvalue weighted by atomic mass is 10.3. The summed E-state index contributed by atoms with van der Waals surface area (Å²) in [6.07, 6.45) is 1.18. The highest BCUT2D eigenvalue weighted by atomic mass is 32.2. The number of piperazine rings is 1. The van der Waals surface area contributed by atoms with Gasteiger partial charge < -0.3 is 9.84 Å². The number of aromatic nitrogens is 2. The topological polar surface area (TPSA) is 54.2 Å². The molecule has 0 aliphatic carbocycles. The van der Waals surface area contributed by atoms with Gasteiger partial charge in [0.1, 0.15) is 0 Å². The second-order valence-electron chi connectivity index (χ2n) is 4.66. The maximum Gasteiger partial charge on any atom is 0.240 e. The van der Waals surface area contributed by atoms with Gasteiger partial charge in [-0.15, -0.1) is 0 Å². The fourth-order valence-electron chi connectivity index (χ4n) is 1.81. The molecule has 102 valence electrons. The lowest BCUT2D eigenvalue weighted by Crippen LogP contribution is -2.42. The van der Waals surface area contributed by atoms with Crippen molar-refractivity contribution in [3.63, 3.8) is 0 Å². The molecule has 1 fully saturated rings. The molecular weight excluding hydrogens is 248 g/mol. The van der Waals surface area contributed by atoms with Gasteiger partial charge in [-0.1, -0.05) is 19.0 Å². The Morgan fingerprint density at radius 2 is 2.22 bits per heavy atom. The average Bonchev–Trinajstić information content (AvgIpc) is 2.85. The summed E-state index contributed by atoms with van der Waals surface area (Å²) in [5, 5.41) is 8.02. The van der Waals surface area contributed by atoms with Gasteiger partial charge in [0.2, 0.25) is 5.89 Å². The SMILES string of the molecule is CCC(C)SCc1noc(CN2CCNCC2)n1. The van der Waals surface area contributed by atoms with Crippen molar-refractivity contribution in [2.45, 2.75) is 37.8 Å². The number of rotatable bonds is 6. The van der Waals surface area contributed by atoms with Crippen LogP contribution < -0.4 is 5.32 Å². The normalized spacial score (nSPS) is 19.0. The summed E-state index contributed by atoms with van der Waals surface area (Å²) in [6, 6.07) is 0. The molecule has 1 aliphatic rings. The zero-order valence-corrected chi connectivity index (χ0v) is 12.0. The van der Waals surface area contributed by atoms with Crippen molar-refractivity contribution in [2.75, 3.05) is 26.2 Å². The van der Waals surface area contributed by atoms with E-state index in [1.54, 1.807) is 0 Å². The van der Waals surface area contributed by atoms with Crippen molar-refractivity contribution >= 4 is 11.8 Å². The molecule has 0 amide bonds. The molecule has 1 unspecified atom stereocenters. The van der Waals surface area contributed by atoms with Crippen LogP contribution in [0.1, 0.15) is 32.0 Å². The van der Waals surface area contributed by atoms with Gasteiger partial charge in [0.25, 0.3) is 0 Å². The molecule has 0 radical (unpaired) electrons. The Morgan fingerprint density at radius 3 is 2.94 bits per heavy atom. The monoisotopic (exact) mass is 270 g/mol. The van der Waals surface area contributed by atoms with Crippen LogP contribution >= 0.6 is 11.8 Å². The number of nitrogens with zero attached hydrogens (tertiary/aromatic N) is 3. The Bertz CT molecular complexity index is 352. The molecular formula is C12H22N4OS. The molecule has 1 aromatic rings. The summed E-state index contributed by atoms with van der Waals surface area (Å²) in [5.74, 6) is 2.42. The van der Waals surface area contributed by atoms with Gasteiger partial charge in [-0.05, 0) is 6.42 Å². The quantitative estimate of drug-likeness (QED) is 0.845. The summed E-state index contributed by atoms with van der Waals surface area (Å²) in [5.41, 5.74) is 0. The largest absolute Gasteiger partial charge is 0.338 e. The maximum absolute atomic E-state index is 5.30. The van der Waals surface area contributed by atoms with Gasteiger partial charge in [-0.3, -0.25) is 4.90 Å². The number of thioether (sulfide) groups is 1. The van der Waals surface area contributed by atoms with Crippen LogP contribution in [-0.2, 0) is 12.3 Å². The predicted octanol–water partition coefficient (Wildman–Crippen LogP) is 1.51. The van der Waals surface area contributed by atoms with E-state index in [2.05, 4.69) is 34.2 Å². The molecule has 1 saturated heterocycles. The van der Waals surface area contributed by atoms with Gasteiger partial charge in [0.05, 0.1) is 12.3 Å². The third-order valence-electron chi connectivity index (χ3n) is 3.15. The van der Waals surface area contributed by atoms with Crippen molar-refractivity contribution in [1.82, 2.24) is 20.4 Å². The first-order chi connectivity index (χ1) is 8.78. The minimum Gasteiger partial charge on any atom is -0.338 e. The van der Waals surface area contributed by atoms with Gasteiger partial charge in [-0.25, -0.2) is 0 Å². The Kier molecular flexibility index (Phi) is 5.46. The molecule has 6 heteroatoms. The molecule has 1 aromatic heterocycles. The van der Waals surface area contributed by atoms with Gasteiger partial charge in [0.15, 0.2) is 5.82 Å². The first-order valence-corrected chi connectivity index (χ1v) is 7.69. The molecule has 0 spiro atoms. The van der Waals surface area contributed by atoms with Crippen molar-refractivity contribution in [3.05, 3.63) is 11.7 Å². The predicted molar refractivity (Wildman–Crippen MR) is 73.5 cm³/mol. The van der Waals surface area contributed by atoms with Crippen LogP contribution in [0, 0.1) is 0 Å². The summed E-state index contributed by atoms with van der Waals surface area (Å²) in [6.45, 7) is 9.41. The molecule has 0 aromatic carbocycles. The fraction of sp³-hybridized carbons (Fsp3) is 0.833. The molecule has 0 saturated carbocycles. The Labute approximate surface area is 113 Å². The standard InChI is InChI=1S/C12H22N4OS/c1-3-10(2)18-9-11-14-12(17-15-11)8-16-6-4-13-5-7-16/h10,13H,3-9H2,1-2H3. The summed E-state index contributed by atoms with van der Waals surface area (Å²) in [7, 11) is 0. The van der Waals surface area contributed by atoms with Crippen LogP contribution in [-0.4, -0.2) is 46.5 Å². The van der Waals surface area contributed by atoms with Crippen LogP contribution in [0.3, 0.4) is 0 Å². The zero-order valence-electron chi connectivity index (χ0n) is 11.2. The first kappa shape index (κ1) is 13.8. The van der Waals surface area contributed by atoms with Gasteiger partial charge in [-0.2, -0.15) is 16.7 Å². The third kappa shape index (κ3) is 4.26. The first-order valence-electron chi connectivity index (χ1n) is 6.64. The van der Waals surface area contributed by atoms with Crippen LogP contribution in [0.15, 0.2) is 4.52 Å². The highest BCUT2D eigenvalue weighted by molar-refractivity contribution is 7.99. The number of nitrogens with one attached hydrogen (secondary N) is 1. The lowest BCUT2D eigenvalue weighted by molar-refractivity contribution is 0.203. The smallest absolute Gasteiger partial charge is 0.240 e. The van der Waals surface area contributed by atoms with E-state index in [-0.39, 0.29) is 0 Å². The summed E-state index contributed by atoms with van der Waals surface area (Å²) < 4.78 is 5.30. The van der Waals surface area contributed by atoms with Crippen molar-refractivity contribution < 1.29 is 4.52 Å². The summed E-state index contributed by atoms with van der Waals surface area (Å²) >= 11 is 1.88. The van der Waals surface area contributed by atoms with Crippen LogP contribution in [0.4, 0.5) is 0 Å². The highest BCUT2D eigenvalue weighted by Gasteiger charge is 2.14. The van der Waals surface area contributed by atoms with Crippen LogP contribution in [0.5, 0.6) is 0 Å². The lowest BCUT2D eigenvalue weighted by Gasteiger charge is -2.25. The number of hydrogen-bond donors (Lipinski definition) is 1. The number of hydrogen-bond acceptors (Lipinski definition) is 6. The Balaban J connectivity index is 1.78. The van der Waals surface area contributed by atoms with Crippen molar-refractivity contribution in [2.24, 2.45) is 0 Å². The molecule has 18 heavy (non-hydrogen) atoms. The second kappa shape index (κ2) is 7.11. The van der Waals surface area contributed by atoms with E-state index in [1.165, 1.54) is 6.42 Å². The fourth-order valence-corrected chi connectivity index (χ4v) is 2.59. The van der Waals surface area contributed by atoms with Crippen molar-refractivity contribution in [3.8, 4) is 0 Å². The van der Waals surface area contributed by atoms with E-state index < -0.39 is 0 Å². The maximum atomic E-state index is 5.30. The second-order valence-corrected chi connectivity index (χ2v) is 6.09. The van der Waals surface area contributed by atoms with E-state index in [9.17, 15) is 0 Å². The Morgan fingerprint density at radius 1 is 1.44 bits per heavy atom. The third-order valence-corrected chi connectivity index (χ3v) is 4.48. The molecule has 1 N–H and O–H groups in total. The van der Waals surface area contributed by atoms with Crippen LogP contribution in [0.2, 0.25) is 0 Å². The highest BCUT2D eigenvalue weighted by Crippen LogP contribution is 2.18. The van der Waals surface area contributed by atoms with E-state index in [1.807, 2.05) is 11.8 Å². The summed E-state index contributed by atoms with van der Waals surface area (Å²) in [4.78, 5) is 6.79. The Hall–Kier alpha value is -0.590. The van der Waals surface area contributed by atoms with Gasteiger partial charge in [0, 0.05) is 31.4 Å². The average molecular weight is 270 g/mol. The molecule has 5 nitrogen and oxygen atoms in total. The minimum absolute atomic E-state index is 0.653. The van der Waals surface area contributed by atoms with E-state index >= 15 is 0 Å². The van der Waals surface area contributed by atoms with Crippen LogP contribution in [0.25, 0.3) is 0 Å². The molecule has 0 bridgehead atoms. The van der Waals surface area contributed by atoms with E-state index in [4.69, 9.17) is 4.52 Å². The molecule has 2 rings (SSSR count). The molecule has 1 atom stereocenters. The van der Waals surface area contributed by atoms with Gasteiger partial charge >= 0.3 is 0 Å². The van der Waals surface area contributed by atoms with E-state index in [0.717, 1.165) is 50.2 Å². The van der Waals surface area contributed by atoms with E-state index in [0.29, 0.717) is 5.25 Å². The zero-order chi connectivity index (χ0) is 12.8. The van der Waals surface area contributed by atoms with Crippen molar-refractivity contribution in [1.29, 1.82) is 0 Å².